The number of urea groups is 1. The van der Waals surface area contributed by atoms with Crippen LogP contribution >= 0.6 is 11.3 Å². The molecule has 0 fully saturated rings. The van der Waals surface area contributed by atoms with E-state index >= 15 is 0 Å². The Bertz CT molecular complexity index is 540. The van der Waals surface area contributed by atoms with Gasteiger partial charge in [-0.25, -0.2) is 4.79 Å². The molecule has 0 aliphatic heterocycles. The Morgan fingerprint density at radius 3 is 3.00 bits per heavy atom. The molecule has 0 aromatic carbocycles. The Balaban J connectivity index is 1.91. The van der Waals surface area contributed by atoms with Crippen molar-refractivity contribution in [3.8, 4) is 0 Å². The third-order valence-electron chi connectivity index (χ3n) is 2.73. The van der Waals surface area contributed by atoms with E-state index in [1.165, 1.54) is 0 Å². The average molecular weight is 287 g/mol. The first-order valence-electron chi connectivity index (χ1n) is 6.34. The molecule has 0 bridgehead atoms. The highest BCUT2D eigenvalue weighted by Gasteiger charge is 2.12. The highest BCUT2D eigenvalue weighted by molar-refractivity contribution is 7.09. The molecule has 0 aliphatic carbocycles. The molecular formula is C15H17N3OS. The van der Waals surface area contributed by atoms with Gasteiger partial charge in [-0.05, 0) is 23.1 Å². The minimum absolute atomic E-state index is 0.0952. The molecule has 20 heavy (non-hydrogen) atoms. The van der Waals surface area contributed by atoms with Crippen LogP contribution in [-0.2, 0) is 13.1 Å². The van der Waals surface area contributed by atoms with Gasteiger partial charge in [-0.15, -0.1) is 17.9 Å². The molecule has 2 amide bonds. The predicted molar refractivity (Wildman–Crippen MR) is 81.4 cm³/mol. The third-order valence-corrected chi connectivity index (χ3v) is 3.59. The van der Waals surface area contributed by atoms with Gasteiger partial charge >= 0.3 is 6.03 Å². The summed E-state index contributed by atoms with van der Waals surface area (Å²) < 4.78 is 0. The molecule has 4 nitrogen and oxygen atoms in total. The summed E-state index contributed by atoms with van der Waals surface area (Å²) in [6, 6.07) is 7.70. The van der Waals surface area contributed by atoms with Crippen molar-refractivity contribution in [1.82, 2.24) is 15.2 Å². The summed E-state index contributed by atoms with van der Waals surface area (Å²) in [5.74, 6) is 0. The molecule has 0 saturated carbocycles. The smallest absolute Gasteiger partial charge is 0.318 e. The first-order valence-corrected chi connectivity index (χ1v) is 7.22. The lowest BCUT2D eigenvalue weighted by Gasteiger charge is -2.21. The zero-order valence-electron chi connectivity index (χ0n) is 11.2. The topological polar surface area (TPSA) is 45.2 Å². The number of amides is 2. The number of carbonyl (C=O) groups is 1. The molecule has 0 spiro atoms. The number of aromatic nitrogens is 1. The van der Waals surface area contributed by atoms with Crippen molar-refractivity contribution in [2.45, 2.75) is 13.1 Å². The summed E-state index contributed by atoms with van der Waals surface area (Å²) in [6.45, 7) is 5.30. The number of nitrogens with zero attached hydrogens (tertiary/aromatic N) is 2. The molecule has 0 saturated heterocycles. The number of pyridine rings is 1. The van der Waals surface area contributed by atoms with E-state index in [0.717, 1.165) is 10.4 Å². The van der Waals surface area contributed by atoms with Crippen molar-refractivity contribution in [2.24, 2.45) is 0 Å². The van der Waals surface area contributed by atoms with Crippen LogP contribution in [0.3, 0.4) is 0 Å². The van der Waals surface area contributed by atoms with Crippen molar-refractivity contribution < 1.29 is 4.79 Å². The van der Waals surface area contributed by atoms with Crippen LogP contribution in [0, 0.1) is 0 Å². The van der Waals surface area contributed by atoms with Gasteiger partial charge in [-0.2, -0.15) is 0 Å². The first kappa shape index (κ1) is 14.3. The van der Waals surface area contributed by atoms with Crippen LogP contribution in [0.4, 0.5) is 4.79 Å². The quantitative estimate of drug-likeness (QED) is 0.830. The lowest BCUT2D eigenvalue weighted by Crippen LogP contribution is -2.39. The van der Waals surface area contributed by atoms with Crippen molar-refractivity contribution in [2.75, 3.05) is 6.54 Å². The van der Waals surface area contributed by atoms with Gasteiger partial charge in [0.25, 0.3) is 0 Å². The maximum atomic E-state index is 12.2. The maximum absolute atomic E-state index is 12.2. The van der Waals surface area contributed by atoms with E-state index in [2.05, 4.69) is 16.9 Å². The minimum atomic E-state index is -0.0952. The van der Waals surface area contributed by atoms with Gasteiger partial charge in [-0.1, -0.05) is 18.2 Å². The summed E-state index contributed by atoms with van der Waals surface area (Å²) >= 11 is 1.64. The Kier molecular flexibility index (Phi) is 5.32. The van der Waals surface area contributed by atoms with Crippen LogP contribution in [0.25, 0.3) is 0 Å². The zero-order valence-corrected chi connectivity index (χ0v) is 12.0. The van der Waals surface area contributed by atoms with E-state index in [1.54, 1.807) is 34.7 Å². The van der Waals surface area contributed by atoms with Crippen molar-refractivity contribution in [3.05, 3.63) is 65.1 Å². The van der Waals surface area contributed by atoms with Crippen LogP contribution in [0.5, 0.6) is 0 Å². The van der Waals surface area contributed by atoms with E-state index in [-0.39, 0.29) is 6.03 Å². The molecule has 0 radical (unpaired) electrons. The van der Waals surface area contributed by atoms with Crippen LogP contribution in [0.15, 0.2) is 54.7 Å². The summed E-state index contributed by atoms with van der Waals surface area (Å²) in [6.07, 6.45) is 5.20. The van der Waals surface area contributed by atoms with Gasteiger partial charge in [0.15, 0.2) is 0 Å². The number of nitrogens with one attached hydrogen (secondary N) is 1. The second kappa shape index (κ2) is 7.45. The van der Waals surface area contributed by atoms with Gasteiger partial charge in [0.1, 0.15) is 0 Å². The van der Waals surface area contributed by atoms with Crippen molar-refractivity contribution in [1.29, 1.82) is 0 Å². The lowest BCUT2D eigenvalue weighted by molar-refractivity contribution is 0.201. The van der Waals surface area contributed by atoms with Gasteiger partial charge in [-0.3, -0.25) is 4.98 Å². The number of carbonyl (C=O) groups excluding carboxylic acids is 1. The number of hydrogen-bond donors (Lipinski definition) is 1. The van der Waals surface area contributed by atoms with E-state index in [9.17, 15) is 4.79 Å². The predicted octanol–water partition coefficient (Wildman–Crippen LogP) is 3.04. The van der Waals surface area contributed by atoms with Crippen molar-refractivity contribution in [3.63, 3.8) is 0 Å². The Morgan fingerprint density at radius 2 is 2.35 bits per heavy atom. The molecule has 0 atom stereocenters. The minimum Gasteiger partial charge on any atom is -0.334 e. The highest BCUT2D eigenvalue weighted by Crippen LogP contribution is 2.12. The summed E-state index contributed by atoms with van der Waals surface area (Å²) in [4.78, 5) is 19.1. The van der Waals surface area contributed by atoms with Crippen LogP contribution in [-0.4, -0.2) is 22.5 Å². The van der Waals surface area contributed by atoms with Crippen LogP contribution in [0.2, 0.25) is 0 Å². The molecule has 2 rings (SSSR count). The third kappa shape index (κ3) is 4.20. The zero-order chi connectivity index (χ0) is 14.2. The van der Waals surface area contributed by atoms with Crippen molar-refractivity contribution >= 4 is 17.4 Å². The molecule has 2 aromatic heterocycles. The molecule has 104 valence electrons. The Morgan fingerprint density at radius 1 is 1.45 bits per heavy atom. The van der Waals surface area contributed by atoms with E-state index < -0.39 is 0 Å². The lowest BCUT2D eigenvalue weighted by atomic mass is 10.3. The Labute approximate surface area is 122 Å². The second-order valence-electron chi connectivity index (χ2n) is 4.27. The number of thiophene rings is 1. The van der Waals surface area contributed by atoms with Crippen LogP contribution in [0.1, 0.15) is 10.4 Å². The van der Waals surface area contributed by atoms with E-state index in [4.69, 9.17) is 0 Å². The molecule has 1 N–H and O–H groups in total. The molecular weight excluding hydrogens is 270 g/mol. The second-order valence-corrected chi connectivity index (χ2v) is 5.30. The van der Waals surface area contributed by atoms with Crippen LogP contribution < -0.4 is 5.32 Å². The standard InChI is InChI=1S/C15H17N3OS/c1-2-8-18(12-14-6-4-9-20-14)15(19)17-11-13-5-3-7-16-10-13/h2-7,9-10H,1,8,11-12H2,(H,17,19). The fourth-order valence-electron chi connectivity index (χ4n) is 1.76. The fraction of sp³-hybridized carbons (Fsp3) is 0.200. The molecule has 0 aliphatic rings. The van der Waals surface area contributed by atoms with Gasteiger partial charge < -0.3 is 10.2 Å². The van der Waals surface area contributed by atoms with Gasteiger partial charge in [0, 0.05) is 30.4 Å². The Hall–Kier alpha value is -2.14. The normalized spacial score (nSPS) is 10.0. The molecule has 5 heteroatoms. The largest absolute Gasteiger partial charge is 0.334 e. The maximum Gasteiger partial charge on any atom is 0.318 e. The van der Waals surface area contributed by atoms with E-state index in [0.29, 0.717) is 19.6 Å². The summed E-state index contributed by atoms with van der Waals surface area (Å²) in [7, 11) is 0. The molecule has 0 unspecified atom stereocenters. The average Bonchev–Trinajstić information content (AvgIpc) is 2.98. The monoisotopic (exact) mass is 287 g/mol. The number of hydrogen-bond acceptors (Lipinski definition) is 3. The fourth-order valence-corrected chi connectivity index (χ4v) is 2.48. The molecule has 2 aromatic rings. The van der Waals surface area contributed by atoms with Gasteiger partial charge in [0.05, 0.1) is 6.54 Å². The van der Waals surface area contributed by atoms with Gasteiger partial charge in [0.2, 0.25) is 0 Å². The highest BCUT2D eigenvalue weighted by atomic mass is 32.1. The SMILES string of the molecule is C=CCN(Cc1cccs1)C(=O)NCc1cccnc1. The first-order chi connectivity index (χ1) is 9.79. The summed E-state index contributed by atoms with van der Waals surface area (Å²) in [5, 5.41) is 4.91. The summed E-state index contributed by atoms with van der Waals surface area (Å²) in [5.41, 5.74) is 0.982. The van der Waals surface area contributed by atoms with E-state index in [1.807, 2.05) is 29.6 Å². The number of rotatable bonds is 6. The molecule has 2 heterocycles.